The van der Waals surface area contributed by atoms with Crippen LogP contribution in [0.1, 0.15) is 39.0 Å². The van der Waals surface area contributed by atoms with Crippen LogP contribution in [0, 0.1) is 5.41 Å². The molecule has 0 heterocycles. The van der Waals surface area contributed by atoms with Gasteiger partial charge in [-0.05, 0) is 19.8 Å². The fourth-order valence-corrected chi connectivity index (χ4v) is 2.20. The van der Waals surface area contributed by atoms with E-state index in [9.17, 15) is 9.90 Å². The quantitative estimate of drug-likeness (QED) is 0.733. The van der Waals surface area contributed by atoms with Gasteiger partial charge in [-0.1, -0.05) is 19.3 Å². The van der Waals surface area contributed by atoms with Crippen molar-refractivity contribution in [2.75, 3.05) is 7.11 Å². The standard InChI is InChI=1S/C10H18O3/c1-8(13-2)10(9(11)12)6-4-3-5-7-10/h8H,3-7H2,1-2H3,(H,11,12). The van der Waals surface area contributed by atoms with Crippen molar-refractivity contribution in [3.63, 3.8) is 0 Å². The van der Waals surface area contributed by atoms with E-state index in [4.69, 9.17) is 4.74 Å². The van der Waals surface area contributed by atoms with Gasteiger partial charge in [0, 0.05) is 7.11 Å². The van der Waals surface area contributed by atoms with Gasteiger partial charge in [0.05, 0.1) is 11.5 Å². The molecule has 76 valence electrons. The summed E-state index contributed by atoms with van der Waals surface area (Å²) in [4.78, 5) is 11.2. The molecule has 0 aromatic heterocycles. The summed E-state index contributed by atoms with van der Waals surface area (Å²) in [6.45, 7) is 1.86. The minimum Gasteiger partial charge on any atom is -0.481 e. The highest BCUT2D eigenvalue weighted by Crippen LogP contribution is 2.40. The van der Waals surface area contributed by atoms with Crippen LogP contribution < -0.4 is 0 Å². The van der Waals surface area contributed by atoms with Crippen LogP contribution >= 0.6 is 0 Å². The zero-order valence-corrected chi connectivity index (χ0v) is 8.38. The number of hydrogen-bond donors (Lipinski definition) is 1. The molecule has 1 rings (SSSR count). The van der Waals surface area contributed by atoms with E-state index in [1.807, 2.05) is 6.92 Å². The molecule has 0 spiro atoms. The van der Waals surface area contributed by atoms with E-state index in [0.29, 0.717) is 0 Å². The third kappa shape index (κ3) is 1.85. The molecule has 0 saturated heterocycles. The Morgan fingerprint density at radius 1 is 1.38 bits per heavy atom. The van der Waals surface area contributed by atoms with Gasteiger partial charge in [-0.25, -0.2) is 0 Å². The third-order valence-corrected chi connectivity index (χ3v) is 3.30. The first-order valence-corrected chi connectivity index (χ1v) is 4.89. The van der Waals surface area contributed by atoms with Crippen LogP contribution in [-0.2, 0) is 9.53 Å². The van der Waals surface area contributed by atoms with Crippen LogP contribution in [-0.4, -0.2) is 24.3 Å². The van der Waals surface area contributed by atoms with Gasteiger partial charge in [0.25, 0.3) is 0 Å². The Morgan fingerprint density at radius 3 is 2.31 bits per heavy atom. The highest BCUT2D eigenvalue weighted by atomic mass is 16.5. The molecule has 1 N–H and O–H groups in total. The van der Waals surface area contributed by atoms with E-state index in [-0.39, 0.29) is 6.10 Å². The predicted molar refractivity (Wildman–Crippen MR) is 49.6 cm³/mol. The van der Waals surface area contributed by atoms with E-state index < -0.39 is 11.4 Å². The molecule has 0 amide bonds. The normalized spacial score (nSPS) is 23.8. The van der Waals surface area contributed by atoms with E-state index in [1.54, 1.807) is 7.11 Å². The summed E-state index contributed by atoms with van der Waals surface area (Å²) in [6, 6.07) is 0. The minimum atomic E-state index is -0.693. The first kappa shape index (κ1) is 10.5. The Bertz CT molecular complexity index is 183. The summed E-state index contributed by atoms with van der Waals surface area (Å²) < 4.78 is 5.17. The lowest BCUT2D eigenvalue weighted by atomic mass is 9.70. The maximum absolute atomic E-state index is 11.2. The second kappa shape index (κ2) is 4.09. The Labute approximate surface area is 79.1 Å². The first-order chi connectivity index (χ1) is 6.13. The summed E-state index contributed by atoms with van der Waals surface area (Å²) in [5, 5.41) is 9.21. The number of ether oxygens (including phenoxy) is 1. The molecule has 0 aromatic rings. The van der Waals surface area contributed by atoms with Gasteiger partial charge >= 0.3 is 5.97 Å². The highest BCUT2D eigenvalue weighted by Gasteiger charge is 2.44. The van der Waals surface area contributed by atoms with Crippen molar-refractivity contribution in [3.8, 4) is 0 Å². The summed E-state index contributed by atoms with van der Waals surface area (Å²) in [6.07, 6.45) is 4.53. The molecule has 1 aliphatic carbocycles. The summed E-state index contributed by atoms with van der Waals surface area (Å²) >= 11 is 0. The molecule has 0 radical (unpaired) electrons. The molecule has 0 aromatic carbocycles. The van der Waals surface area contributed by atoms with E-state index in [1.165, 1.54) is 0 Å². The molecule has 1 fully saturated rings. The molecule has 0 aliphatic heterocycles. The number of carbonyl (C=O) groups is 1. The first-order valence-electron chi connectivity index (χ1n) is 4.89. The monoisotopic (exact) mass is 186 g/mol. The largest absolute Gasteiger partial charge is 0.481 e. The average molecular weight is 186 g/mol. The SMILES string of the molecule is COC(C)C1(C(=O)O)CCCCC1. The van der Waals surface area contributed by atoms with Crippen molar-refractivity contribution in [1.82, 2.24) is 0 Å². The molecule has 1 unspecified atom stereocenters. The lowest BCUT2D eigenvalue weighted by Gasteiger charge is -2.37. The summed E-state index contributed by atoms with van der Waals surface area (Å²) in [5.74, 6) is -0.693. The van der Waals surface area contributed by atoms with Gasteiger partial charge in [0.15, 0.2) is 0 Å². The lowest BCUT2D eigenvalue weighted by Crippen LogP contribution is -2.43. The molecule has 1 atom stereocenters. The van der Waals surface area contributed by atoms with Crippen LogP contribution in [0.25, 0.3) is 0 Å². The van der Waals surface area contributed by atoms with E-state index >= 15 is 0 Å². The Balaban J connectivity index is 2.78. The predicted octanol–water partition coefficient (Wildman–Crippen LogP) is 2.06. The molecule has 13 heavy (non-hydrogen) atoms. The Hall–Kier alpha value is -0.570. The van der Waals surface area contributed by atoms with Crippen LogP contribution in [0.5, 0.6) is 0 Å². The van der Waals surface area contributed by atoms with Crippen molar-refractivity contribution in [2.45, 2.75) is 45.1 Å². The summed E-state index contributed by atoms with van der Waals surface area (Å²) in [5.41, 5.74) is -0.618. The van der Waals surface area contributed by atoms with Gasteiger partial charge in [-0.15, -0.1) is 0 Å². The molecule has 3 nitrogen and oxygen atoms in total. The van der Waals surface area contributed by atoms with Gasteiger partial charge in [0.2, 0.25) is 0 Å². The Kier molecular flexibility index (Phi) is 3.31. The zero-order chi connectivity index (χ0) is 9.90. The number of hydrogen-bond acceptors (Lipinski definition) is 2. The minimum absolute atomic E-state index is 0.176. The number of aliphatic carboxylic acids is 1. The van der Waals surface area contributed by atoms with Crippen molar-refractivity contribution >= 4 is 5.97 Å². The smallest absolute Gasteiger partial charge is 0.312 e. The maximum atomic E-state index is 11.2. The molecular formula is C10H18O3. The molecule has 1 saturated carbocycles. The van der Waals surface area contributed by atoms with Crippen LogP contribution in [0.4, 0.5) is 0 Å². The number of carboxylic acids is 1. The van der Waals surface area contributed by atoms with E-state index in [2.05, 4.69) is 0 Å². The van der Waals surface area contributed by atoms with Gasteiger partial charge in [-0.3, -0.25) is 4.79 Å². The second-order valence-corrected chi connectivity index (χ2v) is 3.90. The highest BCUT2D eigenvalue weighted by molar-refractivity contribution is 5.75. The summed E-state index contributed by atoms with van der Waals surface area (Å²) in [7, 11) is 1.59. The maximum Gasteiger partial charge on any atom is 0.312 e. The number of rotatable bonds is 3. The molecular weight excluding hydrogens is 168 g/mol. The van der Waals surface area contributed by atoms with Crippen LogP contribution in [0.15, 0.2) is 0 Å². The molecule has 1 aliphatic rings. The van der Waals surface area contributed by atoms with Crippen molar-refractivity contribution in [3.05, 3.63) is 0 Å². The van der Waals surface area contributed by atoms with Gasteiger partial charge in [-0.2, -0.15) is 0 Å². The topological polar surface area (TPSA) is 46.5 Å². The fraction of sp³-hybridized carbons (Fsp3) is 0.900. The average Bonchev–Trinajstić information content (AvgIpc) is 2.17. The fourth-order valence-electron chi connectivity index (χ4n) is 2.20. The molecule has 0 bridgehead atoms. The molecule has 3 heteroatoms. The van der Waals surface area contributed by atoms with Gasteiger partial charge < -0.3 is 9.84 Å². The number of carboxylic acid groups (broad SMARTS) is 1. The Morgan fingerprint density at radius 2 is 1.92 bits per heavy atom. The van der Waals surface area contributed by atoms with E-state index in [0.717, 1.165) is 32.1 Å². The second-order valence-electron chi connectivity index (χ2n) is 3.90. The van der Waals surface area contributed by atoms with Crippen LogP contribution in [0.2, 0.25) is 0 Å². The van der Waals surface area contributed by atoms with Crippen LogP contribution in [0.3, 0.4) is 0 Å². The third-order valence-electron chi connectivity index (χ3n) is 3.30. The lowest BCUT2D eigenvalue weighted by molar-refractivity contribution is -0.160. The zero-order valence-electron chi connectivity index (χ0n) is 8.38. The van der Waals surface area contributed by atoms with Crippen molar-refractivity contribution < 1.29 is 14.6 Å². The van der Waals surface area contributed by atoms with Crippen molar-refractivity contribution in [1.29, 1.82) is 0 Å². The van der Waals surface area contributed by atoms with Crippen molar-refractivity contribution in [2.24, 2.45) is 5.41 Å². The number of methoxy groups -OCH3 is 1. The van der Waals surface area contributed by atoms with Gasteiger partial charge in [0.1, 0.15) is 0 Å².